The third-order valence-corrected chi connectivity index (χ3v) is 4.83. The molecule has 6 nitrogen and oxygen atoms in total. The van der Waals surface area contributed by atoms with Gasteiger partial charge in [-0.2, -0.15) is 0 Å². The van der Waals surface area contributed by atoms with E-state index in [-0.39, 0.29) is 18.2 Å². The number of anilines is 2. The highest BCUT2D eigenvalue weighted by Crippen LogP contribution is 2.36. The summed E-state index contributed by atoms with van der Waals surface area (Å²) in [6, 6.07) is 13.0. The molecule has 27 heavy (non-hydrogen) atoms. The molecule has 1 unspecified atom stereocenters. The van der Waals surface area contributed by atoms with Crippen LogP contribution in [0.1, 0.15) is 18.9 Å². The monoisotopic (exact) mass is 368 g/mol. The van der Waals surface area contributed by atoms with Crippen LogP contribution in [0.5, 0.6) is 11.5 Å². The summed E-state index contributed by atoms with van der Waals surface area (Å²) in [5, 5.41) is 2.97. The largest absolute Gasteiger partial charge is 0.497 e. The molecule has 142 valence electrons. The molecule has 1 aliphatic heterocycles. The highest BCUT2D eigenvalue weighted by molar-refractivity contribution is 6.04. The summed E-state index contributed by atoms with van der Waals surface area (Å²) in [5.41, 5.74) is 2.52. The Balaban J connectivity index is 1.76. The van der Waals surface area contributed by atoms with Crippen LogP contribution < -0.4 is 19.7 Å². The van der Waals surface area contributed by atoms with Crippen molar-refractivity contribution in [2.75, 3.05) is 31.0 Å². The SMILES string of the molecule is CCc1ccccc1NC(=O)C1CC(=O)N(c2ccc(OC)cc2OC)C1. The van der Waals surface area contributed by atoms with Crippen molar-refractivity contribution in [3.8, 4) is 11.5 Å². The van der Waals surface area contributed by atoms with Gasteiger partial charge in [0.2, 0.25) is 11.8 Å². The molecule has 3 rings (SSSR count). The van der Waals surface area contributed by atoms with E-state index in [1.165, 1.54) is 0 Å². The van der Waals surface area contributed by atoms with Gasteiger partial charge < -0.3 is 19.7 Å². The average Bonchev–Trinajstić information content (AvgIpc) is 3.09. The average molecular weight is 368 g/mol. The zero-order chi connectivity index (χ0) is 19.4. The number of hydrogen-bond acceptors (Lipinski definition) is 4. The smallest absolute Gasteiger partial charge is 0.229 e. The molecule has 1 atom stereocenters. The third-order valence-electron chi connectivity index (χ3n) is 4.83. The molecule has 2 aromatic carbocycles. The summed E-state index contributed by atoms with van der Waals surface area (Å²) < 4.78 is 10.6. The van der Waals surface area contributed by atoms with Gasteiger partial charge in [0.05, 0.1) is 25.8 Å². The summed E-state index contributed by atoms with van der Waals surface area (Å²) in [4.78, 5) is 26.9. The fourth-order valence-electron chi connectivity index (χ4n) is 3.31. The topological polar surface area (TPSA) is 67.9 Å². The normalized spacial score (nSPS) is 16.3. The van der Waals surface area contributed by atoms with E-state index in [2.05, 4.69) is 5.32 Å². The van der Waals surface area contributed by atoms with Crippen LogP contribution in [-0.2, 0) is 16.0 Å². The Kier molecular flexibility index (Phi) is 5.64. The Morgan fingerprint density at radius 3 is 2.67 bits per heavy atom. The number of carbonyl (C=O) groups is 2. The van der Waals surface area contributed by atoms with Crippen molar-refractivity contribution in [3.05, 3.63) is 48.0 Å². The molecule has 0 bridgehead atoms. The number of nitrogens with zero attached hydrogens (tertiary/aromatic N) is 1. The van der Waals surface area contributed by atoms with Gasteiger partial charge in [0.25, 0.3) is 0 Å². The van der Waals surface area contributed by atoms with Gasteiger partial charge in [-0.25, -0.2) is 0 Å². The second-order valence-electron chi connectivity index (χ2n) is 6.44. The predicted octanol–water partition coefficient (Wildman–Crippen LogP) is 3.26. The lowest BCUT2D eigenvalue weighted by Crippen LogP contribution is -2.28. The molecule has 1 aliphatic rings. The molecule has 0 aliphatic carbocycles. The Morgan fingerprint density at radius 2 is 1.96 bits per heavy atom. The number of rotatable bonds is 6. The minimum absolute atomic E-state index is 0.0950. The van der Waals surface area contributed by atoms with Crippen molar-refractivity contribution < 1.29 is 19.1 Å². The van der Waals surface area contributed by atoms with Crippen molar-refractivity contribution in [2.24, 2.45) is 5.92 Å². The van der Waals surface area contributed by atoms with E-state index < -0.39 is 5.92 Å². The Hall–Kier alpha value is -3.02. The van der Waals surface area contributed by atoms with Crippen molar-refractivity contribution >= 4 is 23.2 Å². The van der Waals surface area contributed by atoms with E-state index >= 15 is 0 Å². The summed E-state index contributed by atoms with van der Waals surface area (Å²) in [5.74, 6) is 0.545. The number of aryl methyl sites for hydroxylation is 1. The maximum absolute atomic E-state index is 12.7. The lowest BCUT2D eigenvalue weighted by atomic mass is 10.1. The minimum Gasteiger partial charge on any atom is -0.497 e. The molecule has 1 heterocycles. The summed E-state index contributed by atoms with van der Waals surface area (Å²) >= 11 is 0. The molecule has 2 aromatic rings. The first kappa shape index (κ1) is 18.8. The van der Waals surface area contributed by atoms with Gasteiger partial charge >= 0.3 is 0 Å². The van der Waals surface area contributed by atoms with Crippen LogP contribution in [0.4, 0.5) is 11.4 Å². The number of amides is 2. The summed E-state index contributed by atoms with van der Waals surface area (Å²) in [6.45, 7) is 2.36. The van der Waals surface area contributed by atoms with Gasteiger partial charge in [0.1, 0.15) is 11.5 Å². The first-order chi connectivity index (χ1) is 13.1. The van der Waals surface area contributed by atoms with E-state index in [1.54, 1.807) is 37.3 Å². The van der Waals surface area contributed by atoms with Gasteiger partial charge in [-0.15, -0.1) is 0 Å². The molecule has 0 aromatic heterocycles. The number of ether oxygens (including phenoxy) is 2. The number of hydrogen-bond donors (Lipinski definition) is 1. The van der Waals surface area contributed by atoms with E-state index in [0.717, 1.165) is 17.7 Å². The fourth-order valence-corrected chi connectivity index (χ4v) is 3.31. The molecule has 1 fully saturated rings. The fraction of sp³-hybridized carbons (Fsp3) is 0.333. The molecule has 1 saturated heterocycles. The Labute approximate surface area is 159 Å². The molecule has 0 spiro atoms. The molecule has 0 radical (unpaired) electrons. The van der Waals surface area contributed by atoms with E-state index in [9.17, 15) is 9.59 Å². The number of para-hydroxylation sites is 1. The van der Waals surface area contributed by atoms with Crippen LogP contribution in [0, 0.1) is 5.92 Å². The van der Waals surface area contributed by atoms with Gasteiger partial charge in [-0.1, -0.05) is 25.1 Å². The molecular formula is C21H24N2O4. The van der Waals surface area contributed by atoms with E-state index in [0.29, 0.717) is 23.7 Å². The van der Waals surface area contributed by atoms with Crippen LogP contribution in [0.25, 0.3) is 0 Å². The number of benzene rings is 2. The molecule has 0 saturated carbocycles. The first-order valence-corrected chi connectivity index (χ1v) is 8.98. The summed E-state index contributed by atoms with van der Waals surface area (Å²) in [7, 11) is 3.12. The second-order valence-corrected chi connectivity index (χ2v) is 6.44. The maximum atomic E-state index is 12.7. The van der Waals surface area contributed by atoms with Crippen molar-refractivity contribution in [1.29, 1.82) is 0 Å². The highest BCUT2D eigenvalue weighted by Gasteiger charge is 2.36. The quantitative estimate of drug-likeness (QED) is 0.850. The summed E-state index contributed by atoms with van der Waals surface area (Å²) in [6.07, 6.45) is 1.00. The predicted molar refractivity (Wildman–Crippen MR) is 104 cm³/mol. The first-order valence-electron chi connectivity index (χ1n) is 8.98. The van der Waals surface area contributed by atoms with Crippen LogP contribution in [0.2, 0.25) is 0 Å². The van der Waals surface area contributed by atoms with Crippen molar-refractivity contribution in [1.82, 2.24) is 0 Å². The Morgan fingerprint density at radius 1 is 1.19 bits per heavy atom. The minimum atomic E-state index is -0.408. The van der Waals surface area contributed by atoms with Crippen LogP contribution in [-0.4, -0.2) is 32.6 Å². The Bertz CT molecular complexity index is 850. The van der Waals surface area contributed by atoms with Crippen molar-refractivity contribution in [2.45, 2.75) is 19.8 Å². The molecule has 6 heteroatoms. The molecular weight excluding hydrogens is 344 g/mol. The van der Waals surface area contributed by atoms with E-state index in [4.69, 9.17) is 9.47 Å². The standard InChI is InChI=1S/C21H24N2O4/c1-4-14-7-5-6-8-17(14)22-21(25)15-11-20(24)23(13-15)18-10-9-16(26-2)12-19(18)27-3/h5-10,12,15H,4,11,13H2,1-3H3,(H,22,25). The molecule has 2 amide bonds. The van der Waals surface area contributed by atoms with Gasteiger partial charge in [0.15, 0.2) is 0 Å². The second kappa shape index (κ2) is 8.12. The van der Waals surface area contributed by atoms with Gasteiger partial charge in [0, 0.05) is 24.7 Å². The zero-order valence-electron chi connectivity index (χ0n) is 15.8. The number of carbonyl (C=O) groups excluding carboxylic acids is 2. The zero-order valence-corrected chi connectivity index (χ0v) is 15.8. The third kappa shape index (κ3) is 3.89. The maximum Gasteiger partial charge on any atom is 0.229 e. The van der Waals surface area contributed by atoms with Crippen LogP contribution in [0.15, 0.2) is 42.5 Å². The van der Waals surface area contributed by atoms with Crippen LogP contribution >= 0.6 is 0 Å². The lowest BCUT2D eigenvalue weighted by molar-refractivity contribution is -0.122. The van der Waals surface area contributed by atoms with Gasteiger partial charge in [-0.3, -0.25) is 9.59 Å². The van der Waals surface area contributed by atoms with E-state index in [1.807, 2.05) is 31.2 Å². The molecule has 1 N–H and O–H groups in total. The van der Waals surface area contributed by atoms with Gasteiger partial charge in [-0.05, 0) is 30.2 Å². The number of nitrogens with one attached hydrogen (secondary N) is 1. The van der Waals surface area contributed by atoms with Crippen LogP contribution in [0.3, 0.4) is 0 Å². The highest BCUT2D eigenvalue weighted by atomic mass is 16.5. The lowest BCUT2D eigenvalue weighted by Gasteiger charge is -2.20. The van der Waals surface area contributed by atoms with Crippen molar-refractivity contribution in [3.63, 3.8) is 0 Å². The number of methoxy groups -OCH3 is 2.